The van der Waals surface area contributed by atoms with Crippen molar-refractivity contribution in [2.45, 2.75) is 30.7 Å². The number of halogens is 2. The van der Waals surface area contributed by atoms with Gasteiger partial charge in [0, 0.05) is 15.5 Å². The topological polar surface area (TPSA) is 74.7 Å². The fourth-order valence-electron chi connectivity index (χ4n) is 2.23. The van der Waals surface area contributed by atoms with Gasteiger partial charge in [-0.15, -0.1) is 0 Å². The molecule has 1 aromatic rings. The van der Waals surface area contributed by atoms with Crippen LogP contribution >= 0.6 is 31.9 Å². The molecule has 1 N–H and O–H groups in total. The van der Waals surface area contributed by atoms with Gasteiger partial charge in [-0.25, -0.2) is 8.42 Å². The van der Waals surface area contributed by atoms with Crippen molar-refractivity contribution in [3.63, 3.8) is 0 Å². The summed E-state index contributed by atoms with van der Waals surface area (Å²) in [5.74, 6) is -1.10. The number of benzene rings is 1. The van der Waals surface area contributed by atoms with Crippen LogP contribution in [0.1, 0.15) is 18.4 Å². The standard InChI is InChI=1S/C12H13Br2NO4S/c1-7-5-9(14)11(6-8(7)13)20(18,19)15-4-2-3-10(15)12(16)17/h5-6,10H,2-4H2,1H3,(H,16,17). The number of carboxylic acid groups (broad SMARTS) is 1. The molecule has 0 bridgehead atoms. The molecular formula is C12H13Br2NO4S. The number of hydrogen-bond acceptors (Lipinski definition) is 3. The zero-order valence-corrected chi connectivity index (χ0v) is 14.6. The van der Waals surface area contributed by atoms with Crippen LogP contribution in [-0.4, -0.2) is 36.4 Å². The predicted molar refractivity (Wildman–Crippen MR) is 81.1 cm³/mol. The van der Waals surface area contributed by atoms with Gasteiger partial charge in [-0.3, -0.25) is 4.79 Å². The van der Waals surface area contributed by atoms with Crippen LogP contribution < -0.4 is 0 Å². The van der Waals surface area contributed by atoms with Gasteiger partial charge in [0.15, 0.2) is 0 Å². The Morgan fingerprint density at radius 3 is 2.60 bits per heavy atom. The van der Waals surface area contributed by atoms with E-state index in [1.165, 1.54) is 6.07 Å². The average molecular weight is 427 g/mol. The summed E-state index contributed by atoms with van der Waals surface area (Å²) >= 11 is 6.55. The normalized spacial score (nSPS) is 20.2. The number of aryl methyl sites for hydroxylation is 1. The van der Waals surface area contributed by atoms with Crippen LogP contribution in [0.15, 0.2) is 26.0 Å². The summed E-state index contributed by atoms with van der Waals surface area (Å²) < 4.78 is 27.5. The third-order valence-corrected chi connectivity index (χ3v) is 7.01. The second-order valence-corrected chi connectivity index (χ2v) is 8.21. The van der Waals surface area contributed by atoms with Crippen molar-refractivity contribution < 1.29 is 18.3 Å². The first-order valence-electron chi connectivity index (χ1n) is 5.95. The Morgan fingerprint density at radius 2 is 2.00 bits per heavy atom. The van der Waals surface area contributed by atoms with Crippen molar-refractivity contribution in [1.82, 2.24) is 4.31 Å². The lowest BCUT2D eigenvalue weighted by atomic mass is 10.2. The van der Waals surface area contributed by atoms with Crippen molar-refractivity contribution in [2.75, 3.05) is 6.54 Å². The molecule has 5 nitrogen and oxygen atoms in total. The fraction of sp³-hybridized carbons (Fsp3) is 0.417. The summed E-state index contributed by atoms with van der Waals surface area (Å²) in [6, 6.07) is 2.22. The van der Waals surface area contributed by atoms with Gasteiger partial charge in [0.2, 0.25) is 10.0 Å². The Labute approximate surface area is 134 Å². The van der Waals surface area contributed by atoms with Crippen molar-refractivity contribution in [1.29, 1.82) is 0 Å². The summed E-state index contributed by atoms with van der Waals surface area (Å²) in [5, 5.41) is 9.13. The molecule has 0 aromatic heterocycles. The first-order valence-corrected chi connectivity index (χ1v) is 8.98. The maximum absolute atomic E-state index is 12.6. The number of carbonyl (C=O) groups is 1. The molecule has 0 spiro atoms. The summed E-state index contributed by atoms with van der Waals surface area (Å²) in [6.07, 6.45) is 0.903. The molecule has 1 aromatic carbocycles. The monoisotopic (exact) mass is 425 g/mol. The van der Waals surface area contributed by atoms with Crippen molar-refractivity contribution >= 4 is 47.9 Å². The molecule has 1 heterocycles. The lowest BCUT2D eigenvalue weighted by Gasteiger charge is -2.22. The number of rotatable bonds is 3. The zero-order chi connectivity index (χ0) is 15.1. The van der Waals surface area contributed by atoms with Gasteiger partial charge >= 0.3 is 5.97 Å². The van der Waals surface area contributed by atoms with E-state index in [9.17, 15) is 13.2 Å². The van der Waals surface area contributed by atoms with Gasteiger partial charge in [0.25, 0.3) is 0 Å². The lowest BCUT2D eigenvalue weighted by Crippen LogP contribution is -2.40. The van der Waals surface area contributed by atoms with E-state index in [0.29, 0.717) is 21.8 Å². The Bertz CT molecular complexity index is 660. The second-order valence-electron chi connectivity index (χ2n) is 4.64. The Balaban J connectivity index is 2.50. The number of aliphatic carboxylic acids is 1. The molecule has 1 atom stereocenters. The smallest absolute Gasteiger partial charge is 0.322 e. The van der Waals surface area contributed by atoms with Crippen LogP contribution in [0.4, 0.5) is 0 Å². The number of nitrogens with zero attached hydrogens (tertiary/aromatic N) is 1. The van der Waals surface area contributed by atoms with Gasteiger partial charge in [-0.05, 0) is 53.4 Å². The quantitative estimate of drug-likeness (QED) is 0.806. The van der Waals surface area contributed by atoms with Crippen LogP contribution in [0.2, 0.25) is 0 Å². The van der Waals surface area contributed by atoms with Crippen LogP contribution in [0.25, 0.3) is 0 Å². The van der Waals surface area contributed by atoms with Gasteiger partial charge < -0.3 is 5.11 Å². The average Bonchev–Trinajstić information content (AvgIpc) is 2.83. The Kier molecular flexibility index (Phi) is 4.58. The maximum Gasteiger partial charge on any atom is 0.322 e. The molecule has 1 fully saturated rings. The van der Waals surface area contributed by atoms with E-state index in [1.54, 1.807) is 6.07 Å². The molecule has 20 heavy (non-hydrogen) atoms. The van der Waals surface area contributed by atoms with E-state index in [4.69, 9.17) is 5.11 Å². The van der Waals surface area contributed by atoms with E-state index in [1.807, 2.05) is 6.92 Å². The largest absolute Gasteiger partial charge is 0.480 e. The van der Waals surface area contributed by atoms with E-state index in [0.717, 1.165) is 9.87 Å². The number of sulfonamides is 1. The van der Waals surface area contributed by atoms with Crippen molar-refractivity contribution in [3.8, 4) is 0 Å². The van der Waals surface area contributed by atoms with E-state index in [-0.39, 0.29) is 11.4 Å². The van der Waals surface area contributed by atoms with Crippen LogP contribution in [-0.2, 0) is 14.8 Å². The Morgan fingerprint density at radius 1 is 1.35 bits per heavy atom. The molecule has 110 valence electrons. The molecule has 0 aliphatic carbocycles. The molecule has 8 heteroatoms. The minimum absolute atomic E-state index is 0.0862. The van der Waals surface area contributed by atoms with Gasteiger partial charge in [0.05, 0.1) is 4.90 Å². The van der Waals surface area contributed by atoms with Crippen LogP contribution in [0, 0.1) is 6.92 Å². The van der Waals surface area contributed by atoms with E-state index < -0.39 is 22.0 Å². The van der Waals surface area contributed by atoms with Gasteiger partial charge in [-0.2, -0.15) is 4.31 Å². The molecule has 1 saturated heterocycles. The summed E-state index contributed by atoms with van der Waals surface area (Å²) in [4.78, 5) is 11.3. The van der Waals surface area contributed by atoms with Crippen LogP contribution in [0.5, 0.6) is 0 Å². The highest BCUT2D eigenvalue weighted by Crippen LogP contribution is 2.33. The number of carboxylic acids is 1. The van der Waals surface area contributed by atoms with E-state index >= 15 is 0 Å². The van der Waals surface area contributed by atoms with Crippen molar-refractivity contribution in [3.05, 3.63) is 26.6 Å². The highest BCUT2D eigenvalue weighted by atomic mass is 79.9. The first-order chi connectivity index (χ1) is 9.25. The lowest BCUT2D eigenvalue weighted by molar-refractivity contribution is -0.140. The highest BCUT2D eigenvalue weighted by molar-refractivity contribution is 9.11. The SMILES string of the molecule is Cc1cc(Br)c(S(=O)(=O)N2CCCC2C(=O)O)cc1Br. The summed E-state index contributed by atoms with van der Waals surface area (Å²) in [5.41, 5.74) is 0.895. The predicted octanol–water partition coefficient (Wildman–Crippen LogP) is 2.76. The molecule has 1 aliphatic heterocycles. The zero-order valence-electron chi connectivity index (χ0n) is 10.6. The molecular weight excluding hydrogens is 414 g/mol. The third kappa shape index (κ3) is 2.79. The summed E-state index contributed by atoms with van der Waals surface area (Å²) in [6.45, 7) is 2.08. The molecule has 0 amide bonds. The minimum atomic E-state index is -3.83. The minimum Gasteiger partial charge on any atom is -0.480 e. The Hall–Kier alpha value is -0.440. The van der Waals surface area contributed by atoms with Gasteiger partial charge in [0.1, 0.15) is 6.04 Å². The first kappa shape index (κ1) is 15.9. The molecule has 0 saturated carbocycles. The van der Waals surface area contributed by atoms with Crippen LogP contribution in [0.3, 0.4) is 0 Å². The molecule has 1 unspecified atom stereocenters. The maximum atomic E-state index is 12.6. The third-order valence-electron chi connectivity index (χ3n) is 3.29. The second kappa shape index (κ2) is 5.75. The molecule has 2 rings (SSSR count). The van der Waals surface area contributed by atoms with E-state index in [2.05, 4.69) is 31.9 Å². The number of hydrogen-bond donors (Lipinski definition) is 1. The summed E-state index contributed by atoms with van der Waals surface area (Å²) in [7, 11) is -3.83. The van der Waals surface area contributed by atoms with Gasteiger partial charge in [-0.1, -0.05) is 15.9 Å². The fourth-order valence-corrected chi connectivity index (χ4v) is 5.52. The molecule has 0 radical (unpaired) electrons. The molecule has 1 aliphatic rings. The van der Waals surface area contributed by atoms with Crippen molar-refractivity contribution in [2.24, 2.45) is 0 Å². The highest BCUT2D eigenvalue weighted by Gasteiger charge is 2.40.